The number of hydrogen-bond donors (Lipinski definition) is 1. The van der Waals surface area contributed by atoms with Gasteiger partial charge in [0.2, 0.25) is 0 Å². The highest BCUT2D eigenvalue weighted by molar-refractivity contribution is 6.31. The molecule has 2 rings (SSSR count). The normalized spacial score (nSPS) is 14.2. The first-order valence-corrected chi connectivity index (χ1v) is 5.94. The molecule has 0 saturated carbocycles. The van der Waals surface area contributed by atoms with Crippen LogP contribution < -0.4 is 10.1 Å². The van der Waals surface area contributed by atoms with Crippen molar-refractivity contribution in [3.63, 3.8) is 0 Å². The molecule has 0 atom stereocenters. The lowest BCUT2D eigenvalue weighted by Gasteiger charge is -2.15. The van der Waals surface area contributed by atoms with Crippen LogP contribution in [0.15, 0.2) is 18.2 Å². The molecule has 1 N–H and O–H groups in total. The lowest BCUT2D eigenvalue weighted by molar-refractivity contribution is 0.202. The molecule has 94 valence electrons. The highest BCUT2D eigenvalue weighted by atomic mass is 35.5. The van der Waals surface area contributed by atoms with Crippen LogP contribution in [0.3, 0.4) is 0 Å². The van der Waals surface area contributed by atoms with E-state index in [1.165, 1.54) is 0 Å². The third-order valence-corrected chi connectivity index (χ3v) is 2.97. The number of benzene rings is 1. The molecule has 0 aliphatic carbocycles. The summed E-state index contributed by atoms with van der Waals surface area (Å²) in [6.07, 6.45) is 0. The van der Waals surface area contributed by atoms with Crippen LogP contribution in [0.25, 0.3) is 0 Å². The maximum Gasteiger partial charge on any atom is 0.317 e. The van der Waals surface area contributed by atoms with Crippen LogP contribution in [0.4, 0.5) is 4.79 Å². The standard InChI is InChI=1S/C12H12ClN3O2/c13-10-2-1-3-11(9(10)8-14)18-7-6-16-5-4-15-12(16)17/h1-3H,4-7H2,(H,15,17). The van der Waals surface area contributed by atoms with Gasteiger partial charge in [-0.3, -0.25) is 0 Å². The van der Waals surface area contributed by atoms with Crippen LogP contribution in [0.2, 0.25) is 5.02 Å². The molecular weight excluding hydrogens is 254 g/mol. The zero-order valence-corrected chi connectivity index (χ0v) is 10.4. The van der Waals surface area contributed by atoms with Gasteiger partial charge in [-0.25, -0.2) is 4.79 Å². The first-order valence-electron chi connectivity index (χ1n) is 5.56. The van der Waals surface area contributed by atoms with E-state index in [0.29, 0.717) is 42.6 Å². The van der Waals surface area contributed by atoms with E-state index in [0.717, 1.165) is 0 Å². The SMILES string of the molecule is N#Cc1c(Cl)cccc1OCCN1CCNC1=O. The van der Waals surface area contributed by atoms with Gasteiger partial charge in [0, 0.05) is 13.1 Å². The summed E-state index contributed by atoms with van der Waals surface area (Å²) in [6.45, 7) is 2.17. The number of halogens is 1. The number of nitriles is 1. The number of hydrogen-bond acceptors (Lipinski definition) is 3. The summed E-state index contributed by atoms with van der Waals surface area (Å²) in [5, 5.41) is 12.0. The van der Waals surface area contributed by atoms with E-state index < -0.39 is 0 Å². The molecule has 1 aromatic rings. The molecule has 1 saturated heterocycles. The van der Waals surface area contributed by atoms with Crippen molar-refractivity contribution in [2.75, 3.05) is 26.2 Å². The molecule has 1 fully saturated rings. The third kappa shape index (κ3) is 2.66. The Morgan fingerprint density at radius 1 is 1.56 bits per heavy atom. The summed E-state index contributed by atoms with van der Waals surface area (Å²) in [6, 6.07) is 6.97. The van der Waals surface area contributed by atoms with E-state index in [1.807, 2.05) is 6.07 Å². The molecule has 0 unspecified atom stereocenters. The van der Waals surface area contributed by atoms with Crippen molar-refractivity contribution in [3.8, 4) is 11.8 Å². The van der Waals surface area contributed by atoms with E-state index in [1.54, 1.807) is 23.1 Å². The number of carbonyl (C=O) groups is 1. The third-order valence-electron chi connectivity index (χ3n) is 2.65. The van der Waals surface area contributed by atoms with Gasteiger partial charge in [0.1, 0.15) is 24.0 Å². The molecule has 0 bridgehead atoms. The zero-order valence-electron chi connectivity index (χ0n) is 9.65. The minimum atomic E-state index is -0.0785. The lowest BCUT2D eigenvalue weighted by atomic mass is 10.2. The van der Waals surface area contributed by atoms with Gasteiger partial charge in [-0.2, -0.15) is 5.26 Å². The fourth-order valence-corrected chi connectivity index (χ4v) is 1.93. The second-order valence-electron chi connectivity index (χ2n) is 3.79. The predicted molar refractivity (Wildman–Crippen MR) is 66.6 cm³/mol. The first kappa shape index (κ1) is 12.5. The van der Waals surface area contributed by atoms with Crippen LogP contribution in [0.1, 0.15) is 5.56 Å². The van der Waals surface area contributed by atoms with Gasteiger partial charge in [0.25, 0.3) is 0 Å². The molecule has 1 aliphatic heterocycles. The highest BCUT2D eigenvalue weighted by Gasteiger charge is 2.18. The molecular formula is C12H12ClN3O2. The van der Waals surface area contributed by atoms with Crippen LogP contribution in [0.5, 0.6) is 5.75 Å². The molecule has 1 aliphatic rings. The van der Waals surface area contributed by atoms with Crippen molar-refractivity contribution >= 4 is 17.6 Å². The van der Waals surface area contributed by atoms with Gasteiger partial charge in [-0.05, 0) is 12.1 Å². The van der Waals surface area contributed by atoms with Crippen molar-refractivity contribution in [3.05, 3.63) is 28.8 Å². The second kappa shape index (κ2) is 5.61. The number of rotatable bonds is 4. The summed E-state index contributed by atoms with van der Waals surface area (Å²) < 4.78 is 5.49. The Labute approximate surface area is 110 Å². The zero-order chi connectivity index (χ0) is 13.0. The van der Waals surface area contributed by atoms with E-state index >= 15 is 0 Å². The minimum Gasteiger partial charge on any atom is -0.490 e. The number of ether oxygens (including phenoxy) is 1. The Bertz CT molecular complexity index is 499. The van der Waals surface area contributed by atoms with Gasteiger partial charge in [0.05, 0.1) is 11.6 Å². The maximum atomic E-state index is 11.3. The molecule has 0 spiro atoms. The topological polar surface area (TPSA) is 65.4 Å². The summed E-state index contributed by atoms with van der Waals surface area (Å²) in [5.41, 5.74) is 0.324. The van der Waals surface area contributed by atoms with Crippen LogP contribution in [0, 0.1) is 11.3 Å². The number of urea groups is 1. The van der Waals surface area contributed by atoms with Crippen LogP contribution >= 0.6 is 11.6 Å². The monoisotopic (exact) mass is 265 g/mol. The predicted octanol–water partition coefficient (Wildman–Crippen LogP) is 1.62. The molecule has 1 heterocycles. The van der Waals surface area contributed by atoms with E-state index in [9.17, 15) is 4.79 Å². The molecule has 6 heteroatoms. The number of amides is 2. The number of nitrogens with zero attached hydrogens (tertiary/aromatic N) is 2. The Hall–Kier alpha value is -1.93. The van der Waals surface area contributed by atoms with E-state index in [2.05, 4.69) is 5.32 Å². The lowest BCUT2D eigenvalue weighted by Crippen LogP contribution is -2.31. The summed E-state index contributed by atoms with van der Waals surface area (Å²) in [7, 11) is 0. The number of carbonyl (C=O) groups excluding carboxylic acids is 1. The van der Waals surface area contributed by atoms with E-state index in [-0.39, 0.29) is 6.03 Å². The summed E-state index contributed by atoms with van der Waals surface area (Å²) in [4.78, 5) is 12.9. The van der Waals surface area contributed by atoms with Crippen molar-refractivity contribution < 1.29 is 9.53 Å². The smallest absolute Gasteiger partial charge is 0.317 e. The number of nitrogens with one attached hydrogen (secondary N) is 1. The van der Waals surface area contributed by atoms with Crippen LogP contribution in [-0.4, -0.2) is 37.2 Å². The summed E-state index contributed by atoms with van der Waals surface area (Å²) in [5.74, 6) is 0.449. The molecule has 18 heavy (non-hydrogen) atoms. The van der Waals surface area contributed by atoms with Crippen molar-refractivity contribution in [2.24, 2.45) is 0 Å². The Kier molecular flexibility index (Phi) is 3.90. The first-order chi connectivity index (χ1) is 8.72. The molecule has 0 aromatic heterocycles. The van der Waals surface area contributed by atoms with Gasteiger partial charge in [-0.15, -0.1) is 0 Å². The quantitative estimate of drug-likeness (QED) is 0.900. The second-order valence-corrected chi connectivity index (χ2v) is 4.20. The maximum absolute atomic E-state index is 11.3. The fraction of sp³-hybridized carbons (Fsp3) is 0.333. The Balaban J connectivity index is 1.93. The Morgan fingerprint density at radius 3 is 3.06 bits per heavy atom. The average molecular weight is 266 g/mol. The van der Waals surface area contributed by atoms with Gasteiger partial charge in [0.15, 0.2) is 0 Å². The minimum absolute atomic E-state index is 0.0785. The van der Waals surface area contributed by atoms with Crippen molar-refractivity contribution in [2.45, 2.75) is 0 Å². The van der Waals surface area contributed by atoms with Crippen molar-refractivity contribution in [1.29, 1.82) is 5.26 Å². The Morgan fingerprint density at radius 2 is 2.39 bits per heavy atom. The van der Waals surface area contributed by atoms with Crippen molar-refractivity contribution in [1.82, 2.24) is 10.2 Å². The molecule has 1 aromatic carbocycles. The average Bonchev–Trinajstić information content (AvgIpc) is 2.75. The molecule has 5 nitrogen and oxygen atoms in total. The van der Waals surface area contributed by atoms with Gasteiger partial charge >= 0.3 is 6.03 Å². The molecule has 2 amide bonds. The van der Waals surface area contributed by atoms with Gasteiger partial charge in [-0.1, -0.05) is 17.7 Å². The molecule has 0 radical (unpaired) electrons. The van der Waals surface area contributed by atoms with Crippen LogP contribution in [-0.2, 0) is 0 Å². The fourth-order valence-electron chi connectivity index (χ4n) is 1.72. The van der Waals surface area contributed by atoms with E-state index in [4.69, 9.17) is 21.6 Å². The van der Waals surface area contributed by atoms with Gasteiger partial charge < -0.3 is 15.0 Å². The summed E-state index contributed by atoms with van der Waals surface area (Å²) >= 11 is 5.88. The highest BCUT2D eigenvalue weighted by Crippen LogP contribution is 2.25. The largest absolute Gasteiger partial charge is 0.490 e.